The van der Waals surface area contributed by atoms with E-state index in [-0.39, 0.29) is 17.2 Å². The molecule has 2 atom stereocenters. The molecule has 1 aliphatic carbocycles. The normalized spacial score (nSPS) is 25.2. The Kier molecular flexibility index (Phi) is 4.33. The van der Waals surface area contributed by atoms with Crippen molar-refractivity contribution in [2.75, 3.05) is 18.5 Å². The largest absolute Gasteiger partial charge is 0.381 e. The molecule has 2 fully saturated rings. The molecule has 126 valence electrons. The summed E-state index contributed by atoms with van der Waals surface area (Å²) >= 11 is 9.44. The minimum absolute atomic E-state index is 0.0546. The van der Waals surface area contributed by atoms with Gasteiger partial charge in [-0.05, 0) is 31.9 Å². The lowest BCUT2D eigenvalue weighted by molar-refractivity contribution is -0.118. The fourth-order valence-electron chi connectivity index (χ4n) is 3.17. The van der Waals surface area contributed by atoms with Crippen molar-refractivity contribution in [2.24, 2.45) is 11.3 Å². The Labute approximate surface area is 154 Å². The summed E-state index contributed by atoms with van der Waals surface area (Å²) in [5.74, 6) is 0.124. The van der Waals surface area contributed by atoms with Crippen molar-refractivity contribution in [1.29, 1.82) is 0 Å². The summed E-state index contributed by atoms with van der Waals surface area (Å²) in [5, 5.41) is 5.70. The highest BCUT2D eigenvalue weighted by Crippen LogP contribution is 2.58. The van der Waals surface area contributed by atoms with Gasteiger partial charge < -0.3 is 10.1 Å². The minimum Gasteiger partial charge on any atom is -0.381 e. The first-order valence-corrected chi connectivity index (χ1v) is 9.92. The van der Waals surface area contributed by atoms with E-state index in [1.807, 2.05) is 30.5 Å². The molecule has 2 heterocycles. The van der Waals surface area contributed by atoms with E-state index < -0.39 is 0 Å². The van der Waals surface area contributed by atoms with Gasteiger partial charge in [0, 0.05) is 29.0 Å². The summed E-state index contributed by atoms with van der Waals surface area (Å²) < 4.78 is 6.38. The molecule has 2 unspecified atom stereocenters. The molecule has 2 aromatic rings. The average molecular weight is 381 g/mol. The fraction of sp³-hybridized carbons (Fsp3) is 0.412. The van der Waals surface area contributed by atoms with E-state index in [4.69, 9.17) is 16.3 Å². The van der Waals surface area contributed by atoms with Crippen molar-refractivity contribution in [3.05, 3.63) is 34.3 Å². The summed E-state index contributed by atoms with van der Waals surface area (Å²) in [6, 6.07) is 5.59. The molecule has 4 rings (SSSR count). The Morgan fingerprint density at radius 3 is 3.12 bits per heavy atom. The van der Waals surface area contributed by atoms with Crippen molar-refractivity contribution in [2.45, 2.75) is 29.0 Å². The Balaban J connectivity index is 1.52. The topological polar surface area (TPSA) is 51.2 Å². The second-order valence-corrected chi connectivity index (χ2v) is 8.91. The van der Waals surface area contributed by atoms with Crippen molar-refractivity contribution >= 4 is 46.3 Å². The number of aromatic nitrogens is 1. The van der Waals surface area contributed by atoms with Gasteiger partial charge in [0.2, 0.25) is 5.91 Å². The zero-order valence-electron chi connectivity index (χ0n) is 13.2. The number of benzene rings is 1. The number of hydrogen-bond donors (Lipinski definition) is 1. The number of carbonyl (C=O) groups excluding carboxylic acids is 1. The van der Waals surface area contributed by atoms with Crippen molar-refractivity contribution in [3.63, 3.8) is 0 Å². The number of amides is 1. The molecule has 1 amide bonds. The summed E-state index contributed by atoms with van der Waals surface area (Å²) in [6.07, 6.45) is 1.91. The van der Waals surface area contributed by atoms with E-state index >= 15 is 0 Å². The van der Waals surface area contributed by atoms with Gasteiger partial charge in [-0.15, -0.1) is 11.3 Å². The molecule has 4 nitrogen and oxygen atoms in total. The van der Waals surface area contributed by atoms with Crippen molar-refractivity contribution in [3.8, 4) is 0 Å². The predicted octanol–water partition coefficient (Wildman–Crippen LogP) is 4.62. The van der Waals surface area contributed by atoms with Gasteiger partial charge in [-0.3, -0.25) is 4.79 Å². The lowest BCUT2D eigenvalue weighted by Gasteiger charge is -2.12. The van der Waals surface area contributed by atoms with Crippen LogP contribution in [0.5, 0.6) is 0 Å². The number of nitrogens with one attached hydrogen (secondary N) is 1. The summed E-state index contributed by atoms with van der Waals surface area (Å²) in [7, 11) is 0. The molecule has 0 radical (unpaired) electrons. The van der Waals surface area contributed by atoms with Crippen LogP contribution in [0.3, 0.4) is 0 Å². The van der Waals surface area contributed by atoms with Crippen LogP contribution < -0.4 is 5.32 Å². The predicted molar refractivity (Wildman–Crippen MR) is 97.0 cm³/mol. The number of aryl methyl sites for hydroxylation is 1. The van der Waals surface area contributed by atoms with Gasteiger partial charge in [-0.1, -0.05) is 29.4 Å². The van der Waals surface area contributed by atoms with Gasteiger partial charge in [0.15, 0.2) is 4.34 Å². The smallest absolute Gasteiger partial charge is 0.228 e. The van der Waals surface area contributed by atoms with Gasteiger partial charge in [-0.25, -0.2) is 4.98 Å². The molecule has 2 aliphatic rings. The molecule has 1 spiro atoms. The molecule has 1 saturated heterocycles. The summed E-state index contributed by atoms with van der Waals surface area (Å²) in [4.78, 5) is 17.9. The lowest BCUT2D eigenvalue weighted by atomic mass is 10.0. The van der Waals surface area contributed by atoms with Crippen LogP contribution in [-0.2, 0) is 9.53 Å². The SMILES string of the molecule is Cc1csc(Sc2c(Cl)cccc2NC(=O)C2CC23CCOC3)n1. The zero-order valence-corrected chi connectivity index (χ0v) is 15.6. The van der Waals surface area contributed by atoms with E-state index in [0.717, 1.165) is 40.1 Å². The second kappa shape index (κ2) is 6.33. The Bertz CT molecular complexity index is 787. The summed E-state index contributed by atoms with van der Waals surface area (Å²) in [5.41, 5.74) is 1.83. The highest BCUT2D eigenvalue weighted by molar-refractivity contribution is 8.01. The Hall–Kier alpha value is -1.08. The quantitative estimate of drug-likeness (QED) is 0.840. The number of halogens is 1. The third-order valence-electron chi connectivity index (χ3n) is 4.65. The first-order valence-electron chi connectivity index (χ1n) is 7.84. The Morgan fingerprint density at radius 1 is 1.54 bits per heavy atom. The molecular formula is C17H17ClN2O2S2. The van der Waals surface area contributed by atoms with E-state index in [1.165, 1.54) is 11.8 Å². The van der Waals surface area contributed by atoms with Crippen LogP contribution in [0.2, 0.25) is 5.02 Å². The van der Waals surface area contributed by atoms with Gasteiger partial charge in [0.1, 0.15) is 0 Å². The maximum Gasteiger partial charge on any atom is 0.228 e. The third kappa shape index (κ3) is 3.08. The highest BCUT2D eigenvalue weighted by atomic mass is 35.5. The first-order chi connectivity index (χ1) is 11.6. The number of rotatable bonds is 4. The number of nitrogens with zero attached hydrogens (tertiary/aromatic N) is 1. The van der Waals surface area contributed by atoms with Crippen LogP contribution in [0, 0.1) is 18.3 Å². The van der Waals surface area contributed by atoms with Crippen molar-refractivity contribution < 1.29 is 9.53 Å². The molecule has 1 aromatic carbocycles. The zero-order chi connectivity index (χ0) is 16.7. The van der Waals surface area contributed by atoms with Gasteiger partial charge in [0.05, 0.1) is 22.2 Å². The molecule has 1 N–H and O–H groups in total. The van der Waals surface area contributed by atoms with E-state index in [2.05, 4.69) is 10.3 Å². The maximum atomic E-state index is 12.6. The lowest BCUT2D eigenvalue weighted by Crippen LogP contribution is -2.19. The maximum absolute atomic E-state index is 12.6. The first kappa shape index (κ1) is 16.4. The number of carbonyl (C=O) groups is 1. The van der Waals surface area contributed by atoms with E-state index in [9.17, 15) is 4.79 Å². The summed E-state index contributed by atoms with van der Waals surface area (Å²) in [6.45, 7) is 3.44. The molecule has 1 aromatic heterocycles. The van der Waals surface area contributed by atoms with Crippen LogP contribution >= 0.6 is 34.7 Å². The molecular weight excluding hydrogens is 364 g/mol. The third-order valence-corrected chi connectivity index (χ3v) is 7.28. The van der Waals surface area contributed by atoms with Gasteiger partial charge in [0.25, 0.3) is 0 Å². The number of ether oxygens (including phenoxy) is 1. The van der Waals surface area contributed by atoms with Crippen LogP contribution in [0.25, 0.3) is 0 Å². The molecule has 1 aliphatic heterocycles. The number of anilines is 1. The number of hydrogen-bond acceptors (Lipinski definition) is 5. The van der Waals surface area contributed by atoms with Crippen molar-refractivity contribution in [1.82, 2.24) is 4.98 Å². The second-order valence-electron chi connectivity index (χ2n) is 6.38. The molecule has 0 bridgehead atoms. The van der Waals surface area contributed by atoms with Crippen LogP contribution in [0.15, 0.2) is 32.8 Å². The monoisotopic (exact) mass is 380 g/mol. The van der Waals surface area contributed by atoms with Crippen LogP contribution in [0.4, 0.5) is 5.69 Å². The average Bonchev–Trinajstić information content (AvgIpc) is 2.85. The molecule has 1 saturated carbocycles. The Morgan fingerprint density at radius 2 is 2.42 bits per heavy atom. The fourth-order valence-corrected chi connectivity index (χ4v) is 5.33. The van der Waals surface area contributed by atoms with Gasteiger partial charge >= 0.3 is 0 Å². The van der Waals surface area contributed by atoms with Crippen LogP contribution in [0.1, 0.15) is 18.5 Å². The minimum atomic E-state index is 0.0546. The number of thiazole rings is 1. The molecule has 7 heteroatoms. The van der Waals surface area contributed by atoms with Gasteiger partial charge in [-0.2, -0.15) is 0 Å². The van der Waals surface area contributed by atoms with Crippen LogP contribution in [-0.4, -0.2) is 24.1 Å². The van der Waals surface area contributed by atoms with E-state index in [0.29, 0.717) is 11.6 Å². The highest BCUT2D eigenvalue weighted by Gasteiger charge is 2.59. The van der Waals surface area contributed by atoms with E-state index in [1.54, 1.807) is 11.3 Å². The molecule has 24 heavy (non-hydrogen) atoms. The standard InChI is InChI=1S/C17H17ClN2O2S2/c1-10-8-23-16(19-10)24-14-12(18)3-2-4-13(14)20-15(21)11-7-17(11)5-6-22-9-17/h2-4,8,11H,5-7,9H2,1H3,(H,20,21).